The highest BCUT2D eigenvalue weighted by Crippen LogP contribution is 2.16. The summed E-state index contributed by atoms with van der Waals surface area (Å²) in [6, 6.07) is 0. The molecule has 0 aliphatic rings. The highest BCUT2D eigenvalue weighted by Gasteiger charge is 1.96. The highest BCUT2D eigenvalue weighted by atomic mass is 14.0. The lowest BCUT2D eigenvalue weighted by Gasteiger charge is -2.04. The molecule has 0 aromatic carbocycles. The average Bonchev–Trinajstić information content (AvgIpc) is 2.76. The van der Waals surface area contributed by atoms with Crippen LogP contribution in [0, 0.1) is 6.42 Å². The summed E-state index contributed by atoms with van der Waals surface area (Å²) in [4.78, 5) is 0. The van der Waals surface area contributed by atoms with Crippen molar-refractivity contribution in [3.05, 3.63) is 6.42 Å². The summed E-state index contributed by atoms with van der Waals surface area (Å²) in [7, 11) is 0. The smallest absolute Gasteiger partial charge is 0.0386 e. The number of rotatable bonds is 27. The molecule has 0 amide bonds. The van der Waals surface area contributed by atoms with Crippen molar-refractivity contribution in [1.82, 2.24) is 0 Å². The Bertz CT molecular complexity index is 241. The van der Waals surface area contributed by atoms with Gasteiger partial charge in [-0.25, -0.2) is 0 Å². The van der Waals surface area contributed by atoms with Gasteiger partial charge in [0, 0.05) is 0 Å². The third-order valence-corrected chi connectivity index (χ3v) is 6.77. The van der Waals surface area contributed by atoms with E-state index in [0.717, 1.165) is 0 Å². The van der Waals surface area contributed by atoms with Gasteiger partial charge in [0.1, 0.15) is 0 Å². The summed E-state index contributed by atoms with van der Waals surface area (Å²) in [5.74, 6) is 0. The summed E-state index contributed by atoms with van der Waals surface area (Å²) in [5, 5.41) is 0. The molecule has 0 unspecified atom stereocenters. The third-order valence-electron chi connectivity index (χ3n) is 6.77. The highest BCUT2D eigenvalue weighted by molar-refractivity contribution is 4.64. The molecule has 1 radical (unpaired) electrons. The zero-order chi connectivity index (χ0) is 21.8. The maximum atomic E-state index is 2.53. The van der Waals surface area contributed by atoms with E-state index in [9.17, 15) is 0 Å². The zero-order valence-electron chi connectivity index (χ0n) is 21.7. The largest absolute Gasteiger partial charge is 0.0654 e. The van der Waals surface area contributed by atoms with Crippen molar-refractivity contribution in [2.75, 3.05) is 0 Å². The van der Waals surface area contributed by atoms with E-state index in [2.05, 4.69) is 20.3 Å². The van der Waals surface area contributed by atoms with Gasteiger partial charge in [0.05, 0.1) is 0 Å². The molecule has 0 N–H and O–H groups in total. The molecule has 0 aliphatic carbocycles. The van der Waals surface area contributed by atoms with Crippen LogP contribution in [0.4, 0.5) is 0 Å². The summed E-state index contributed by atoms with van der Waals surface area (Å²) in [5.41, 5.74) is 0. The zero-order valence-corrected chi connectivity index (χ0v) is 21.7. The fourth-order valence-electron chi connectivity index (χ4n) is 4.58. The molecule has 0 nitrogen and oxygen atoms in total. The minimum atomic E-state index is 1.35. The Morgan fingerprint density at radius 3 is 0.767 bits per heavy atom. The second-order valence-corrected chi connectivity index (χ2v) is 10.00. The Morgan fingerprint density at radius 2 is 0.467 bits per heavy atom. The predicted molar refractivity (Wildman–Crippen MR) is 140 cm³/mol. The average molecular weight is 422 g/mol. The van der Waals surface area contributed by atoms with E-state index in [1.165, 1.54) is 173 Å². The first-order valence-electron chi connectivity index (χ1n) is 14.7. The molecule has 181 valence electrons. The SMILES string of the molecule is CCCCC[CH]CCCCCCCCCCCCCCCCCCCCCCCC. The molecule has 0 spiro atoms. The van der Waals surface area contributed by atoms with Crippen LogP contribution in [-0.4, -0.2) is 0 Å². The van der Waals surface area contributed by atoms with Crippen molar-refractivity contribution >= 4 is 0 Å². The van der Waals surface area contributed by atoms with Gasteiger partial charge < -0.3 is 0 Å². The van der Waals surface area contributed by atoms with Crippen molar-refractivity contribution in [3.63, 3.8) is 0 Å². The fraction of sp³-hybridized carbons (Fsp3) is 0.967. The third kappa shape index (κ3) is 28.0. The molecule has 0 aromatic rings. The normalized spacial score (nSPS) is 11.4. The molecule has 0 bridgehead atoms. The topological polar surface area (TPSA) is 0 Å². The van der Waals surface area contributed by atoms with Crippen LogP contribution in [0.2, 0.25) is 0 Å². The summed E-state index contributed by atoms with van der Waals surface area (Å²) in [6.07, 6.45) is 41.9. The lowest BCUT2D eigenvalue weighted by atomic mass is 10.0. The van der Waals surface area contributed by atoms with Crippen LogP contribution in [0.1, 0.15) is 187 Å². The minimum absolute atomic E-state index is 1.35. The van der Waals surface area contributed by atoms with Crippen LogP contribution in [0.5, 0.6) is 0 Å². The van der Waals surface area contributed by atoms with Crippen LogP contribution in [-0.2, 0) is 0 Å². The molecule has 0 fully saturated rings. The van der Waals surface area contributed by atoms with Crippen LogP contribution in [0.25, 0.3) is 0 Å². The quantitative estimate of drug-likeness (QED) is 0.116. The van der Waals surface area contributed by atoms with Crippen LogP contribution in [0.15, 0.2) is 0 Å². The Kier molecular flexibility index (Phi) is 29.0. The van der Waals surface area contributed by atoms with E-state index >= 15 is 0 Å². The van der Waals surface area contributed by atoms with Crippen molar-refractivity contribution in [1.29, 1.82) is 0 Å². The number of hydrogen-bond acceptors (Lipinski definition) is 0. The van der Waals surface area contributed by atoms with Gasteiger partial charge in [-0.1, -0.05) is 187 Å². The Morgan fingerprint density at radius 1 is 0.267 bits per heavy atom. The van der Waals surface area contributed by atoms with Gasteiger partial charge >= 0.3 is 0 Å². The Hall–Kier alpha value is 0. The van der Waals surface area contributed by atoms with Crippen LogP contribution >= 0.6 is 0 Å². The molecule has 0 aliphatic heterocycles. The molecule has 0 saturated carbocycles. The van der Waals surface area contributed by atoms with Crippen molar-refractivity contribution in [2.24, 2.45) is 0 Å². The molecular weight excluding hydrogens is 360 g/mol. The standard InChI is InChI=1S/C30H61/c1-3-5-7-9-11-13-15-17-19-21-23-25-27-29-30-28-26-24-22-20-18-16-14-12-10-8-6-4-2/h11H,3-10,12-30H2,1-2H3. The second kappa shape index (κ2) is 29.0. The number of unbranched alkanes of at least 4 members (excludes halogenated alkanes) is 27. The molecule has 0 aromatic heterocycles. The Labute approximate surface area is 193 Å². The van der Waals surface area contributed by atoms with Crippen molar-refractivity contribution in [2.45, 2.75) is 187 Å². The van der Waals surface area contributed by atoms with Gasteiger partial charge in [-0.05, 0) is 6.42 Å². The van der Waals surface area contributed by atoms with Gasteiger partial charge in [0.15, 0.2) is 0 Å². The Balaban J connectivity index is 2.97. The molecule has 0 heteroatoms. The predicted octanol–water partition coefficient (Wildman–Crippen LogP) is 11.8. The molecular formula is C30H61. The summed E-state index contributed by atoms with van der Waals surface area (Å²) in [6.45, 7) is 4.60. The molecule has 0 heterocycles. The molecule has 30 heavy (non-hydrogen) atoms. The lowest BCUT2D eigenvalue weighted by molar-refractivity contribution is 0.518. The molecule has 0 saturated heterocycles. The monoisotopic (exact) mass is 421 g/mol. The van der Waals surface area contributed by atoms with Crippen LogP contribution < -0.4 is 0 Å². The summed E-state index contributed by atoms with van der Waals surface area (Å²) < 4.78 is 0. The van der Waals surface area contributed by atoms with E-state index in [0.29, 0.717) is 0 Å². The van der Waals surface area contributed by atoms with E-state index in [-0.39, 0.29) is 0 Å². The van der Waals surface area contributed by atoms with Crippen LogP contribution in [0.3, 0.4) is 0 Å². The van der Waals surface area contributed by atoms with E-state index < -0.39 is 0 Å². The molecule has 0 rings (SSSR count). The number of hydrogen-bond donors (Lipinski definition) is 0. The van der Waals surface area contributed by atoms with E-state index in [1.807, 2.05) is 0 Å². The van der Waals surface area contributed by atoms with E-state index in [1.54, 1.807) is 0 Å². The molecule has 0 atom stereocenters. The minimum Gasteiger partial charge on any atom is -0.0654 e. The van der Waals surface area contributed by atoms with Gasteiger partial charge in [-0.3, -0.25) is 0 Å². The van der Waals surface area contributed by atoms with Gasteiger partial charge in [0.2, 0.25) is 0 Å². The first kappa shape index (κ1) is 30.0. The van der Waals surface area contributed by atoms with Crippen molar-refractivity contribution < 1.29 is 0 Å². The maximum absolute atomic E-state index is 2.53. The first-order valence-corrected chi connectivity index (χ1v) is 14.7. The summed E-state index contributed by atoms with van der Waals surface area (Å²) >= 11 is 0. The second-order valence-electron chi connectivity index (χ2n) is 10.00. The lowest BCUT2D eigenvalue weighted by Crippen LogP contribution is -1.85. The van der Waals surface area contributed by atoms with Crippen molar-refractivity contribution in [3.8, 4) is 0 Å². The van der Waals surface area contributed by atoms with Gasteiger partial charge in [0.25, 0.3) is 0 Å². The first-order chi connectivity index (χ1) is 14.9. The van der Waals surface area contributed by atoms with Gasteiger partial charge in [-0.2, -0.15) is 0 Å². The maximum Gasteiger partial charge on any atom is -0.0386 e. The van der Waals surface area contributed by atoms with E-state index in [4.69, 9.17) is 0 Å². The van der Waals surface area contributed by atoms with Gasteiger partial charge in [-0.15, -0.1) is 0 Å². The fourth-order valence-corrected chi connectivity index (χ4v) is 4.58.